The van der Waals surface area contributed by atoms with E-state index in [0.717, 1.165) is 16.9 Å². The van der Waals surface area contributed by atoms with Crippen LogP contribution in [0.15, 0.2) is 59.0 Å². The van der Waals surface area contributed by atoms with Crippen LogP contribution in [0, 0.1) is 0 Å². The van der Waals surface area contributed by atoms with E-state index in [0.29, 0.717) is 18.1 Å². The Kier molecular flexibility index (Phi) is 4.34. The summed E-state index contributed by atoms with van der Waals surface area (Å²) in [7, 11) is 0. The summed E-state index contributed by atoms with van der Waals surface area (Å²) in [6.07, 6.45) is 3.55. The van der Waals surface area contributed by atoms with Crippen LogP contribution >= 0.6 is 0 Å². The minimum Gasteiger partial charge on any atom is -0.454 e. The number of hydrogen-bond donors (Lipinski definition) is 1. The molecular weight excluding hydrogens is 334 g/mol. The molecule has 7 nitrogen and oxygen atoms in total. The van der Waals surface area contributed by atoms with Crippen LogP contribution in [0.3, 0.4) is 0 Å². The van der Waals surface area contributed by atoms with Crippen molar-refractivity contribution >= 4 is 18.0 Å². The monoisotopic (exact) mass is 349 g/mol. The van der Waals surface area contributed by atoms with E-state index in [4.69, 9.17) is 13.9 Å². The van der Waals surface area contributed by atoms with Gasteiger partial charge in [-0.05, 0) is 29.3 Å². The van der Waals surface area contributed by atoms with Gasteiger partial charge in [-0.1, -0.05) is 41.5 Å². The molecule has 26 heavy (non-hydrogen) atoms. The average Bonchev–Trinajstić information content (AvgIpc) is 3.30. The molecule has 1 aliphatic heterocycles. The summed E-state index contributed by atoms with van der Waals surface area (Å²) in [4.78, 5) is 11.9. The summed E-state index contributed by atoms with van der Waals surface area (Å²) in [6, 6.07) is 15.2. The molecule has 7 heteroatoms. The number of amides is 1. The molecule has 4 rings (SSSR count). The summed E-state index contributed by atoms with van der Waals surface area (Å²) in [6.45, 7) is 0.228. The Morgan fingerprint density at radius 2 is 1.92 bits per heavy atom. The van der Waals surface area contributed by atoms with E-state index in [9.17, 15) is 4.79 Å². The number of aromatic nitrogens is 2. The van der Waals surface area contributed by atoms with E-state index < -0.39 is 0 Å². The van der Waals surface area contributed by atoms with Crippen LogP contribution in [-0.4, -0.2) is 22.9 Å². The zero-order chi connectivity index (χ0) is 17.8. The zero-order valence-electron chi connectivity index (χ0n) is 13.7. The van der Waals surface area contributed by atoms with Gasteiger partial charge in [-0.3, -0.25) is 10.1 Å². The van der Waals surface area contributed by atoms with Crippen molar-refractivity contribution in [3.05, 3.63) is 71.6 Å². The molecule has 0 unspecified atom stereocenters. The summed E-state index contributed by atoms with van der Waals surface area (Å²) in [5.41, 5.74) is 1.87. The second-order valence-electron chi connectivity index (χ2n) is 5.60. The Morgan fingerprint density at radius 1 is 1.08 bits per heavy atom. The minimum atomic E-state index is -0.341. The molecule has 0 fully saturated rings. The molecule has 0 aliphatic carbocycles. The Hall–Kier alpha value is -3.61. The first kappa shape index (κ1) is 15.9. The van der Waals surface area contributed by atoms with E-state index in [1.54, 1.807) is 6.08 Å². The SMILES string of the molecule is O=C(/C=C/c1ccccc1)Nc1nnc(Cc2ccc3c(c2)OCO3)o1. The number of ether oxygens (including phenoxy) is 2. The van der Waals surface area contributed by atoms with Crippen LogP contribution in [0.4, 0.5) is 6.01 Å². The molecule has 1 aromatic heterocycles. The summed E-state index contributed by atoms with van der Waals surface area (Å²) in [5, 5.41) is 10.3. The molecule has 2 heterocycles. The number of nitrogens with one attached hydrogen (secondary N) is 1. The topological polar surface area (TPSA) is 86.5 Å². The van der Waals surface area contributed by atoms with Gasteiger partial charge in [0.15, 0.2) is 11.5 Å². The molecule has 130 valence electrons. The normalized spacial score (nSPS) is 12.5. The van der Waals surface area contributed by atoms with Gasteiger partial charge in [0.1, 0.15) is 0 Å². The van der Waals surface area contributed by atoms with Crippen molar-refractivity contribution in [3.8, 4) is 11.5 Å². The van der Waals surface area contributed by atoms with Gasteiger partial charge in [0.05, 0.1) is 6.42 Å². The number of nitrogens with zero attached hydrogens (tertiary/aromatic N) is 2. The van der Waals surface area contributed by atoms with Gasteiger partial charge in [0.2, 0.25) is 12.7 Å². The van der Waals surface area contributed by atoms with Crippen LogP contribution in [0.2, 0.25) is 0 Å². The maximum atomic E-state index is 11.9. The van der Waals surface area contributed by atoms with Crippen LogP contribution in [0.1, 0.15) is 17.0 Å². The van der Waals surface area contributed by atoms with Crippen molar-refractivity contribution in [1.29, 1.82) is 0 Å². The lowest BCUT2D eigenvalue weighted by Gasteiger charge is -1.99. The summed E-state index contributed by atoms with van der Waals surface area (Å²) < 4.78 is 16.1. The van der Waals surface area contributed by atoms with E-state index >= 15 is 0 Å². The fourth-order valence-electron chi connectivity index (χ4n) is 2.48. The number of hydrogen-bond acceptors (Lipinski definition) is 6. The van der Waals surface area contributed by atoms with E-state index in [2.05, 4.69) is 15.5 Å². The lowest BCUT2D eigenvalue weighted by atomic mass is 10.1. The minimum absolute atomic E-state index is 0.0588. The standard InChI is InChI=1S/C19H15N3O4/c23-17(9-7-13-4-2-1-3-5-13)20-19-22-21-18(26-19)11-14-6-8-15-16(10-14)25-12-24-15/h1-10H,11-12H2,(H,20,22,23)/b9-7+. The second kappa shape index (κ2) is 7.10. The predicted octanol–water partition coefficient (Wildman–Crippen LogP) is 3.04. The van der Waals surface area contributed by atoms with Gasteiger partial charge in [-0.2, -0.15) is 0 Å². The van der Waals surface area contributed by atoms with E-state index in [1.165, 1.54) is 6.08 Å². The molecule has 1 amide bonds. The number of rotatable bonds is 5. The average molecular weight is 349 g/mol. The summed E-state index contributed by atoms with van der Waals surface area (Å²) >= 11 is 0. The number of anilines is 1. The first-order valence-electron chi connectivity index (χ1n) is 8.01. The van der Waals surface area contributed by atoms with Crippen molar-refractivity contribution in [2.24, 2.45) is 0 Å². The van der Waals surface area contributed by atoms with Gasteiger partial charge in [0, 0.05) is 6.08 Å². The van der Waals surface area contributed by atoms with Crippen molar-refractivity contribution < 1.29 is 18.7 Å². The third-order valence-corrected chi connectivity index (χ3v) is 3.72. The smallest absolute Gasteiger partial charge is 0.322 e. The Morgan fingerprint density at radius 3 is 2.81 bits per heavy atom. The maximum absolute atomic E-state index is 11.9. The summed E-state index contributed by atoms with van der Waals surface area (Å²) in [5.74, 6) is 1.47. The molecule has 0 saturated heterocycles. The number of fused-ring (bicyclic) bond motifs is 1. The van der Waals surface area contributed by atoms with E-state index in [1.807, 2.05) is 48.5 Å². The Balaban J connectivity index is 1.37. The predicted molar refractivity (Wildman–Crippen MR) is 93.8 cm³/mol. The van der Waals surface area contributed by atoms with Crippen LogP contribution in [-0.2, 0) is 11.2 Å². The van der Waals surface area contributed by atoms with Crippen molar-refractivity contribution in [1.82, 2.24) is 10.2 Å². The van der Waals surface area contributed by atoms with Crippen molar-refractivity contribution in [2.75, 3.05) is 12.1 Å². The molecule has 2 aromatic carbocycles. The lowest BCUT2D eigenvalue weighted by molar-refractivity contribution is -0.112. The van der Waals surface area contributed by atoms with Gasteiger partial charge < -0.3 is 13.9 Å². The largest absolute Gasteiger partial charge is 0.454 e. The fourth-order valence-corrected chi connectivity index (χ4v) is 2.48. The molecule has 3 aromatic rings. The fraction of sp³-hybridized carbons (Fsp3) is 0.105. The Bertz CT molecular complexity index is 950. The van der Waals surface area contributed by atoms with Crippen LogP contribution in [0.25, 0.3) is 6.08 Å². The molecule has 1 aliphatic rings. The highest BCUT2D eigenvalue weighted by molar-refractivity contribution is 6.00. The molecule has 1 N–H and O–H groups in total. The maximum Gasteiger partial charge on any atom is 0.322 e. The molecule has 0 spiro atoms. The third-order valence-electron chi connectivity index (χ3n) is 3.72. The van der Waals surface area contributed by atoms with Gasteiger partial charge >= 0.3 is 6.01 Å². The van der Waals surface area contributed by atoms with Gasteiger partial charge in [0.25, 0.3) is 5.91 Å². The lowest BCUT2D eigenvalue weighted by Crippen LogP contribution is -2.07. The highest BCUT2D eigenvalue weighted by Crippen LogP contribution is 2.33. The Labute approximate surface area is 149 Å². The van der Waals surface area contributed by atoms with Gasteiger partial charge in [-0.25, -0.2) is 0 Å². The third kappa shape index (κ3) is 3.72. The highest BCUT2D eigenvalue weighted by Gasteiger charge is 2.15. The quantitative estimate of drug-likeness (QED) is 0.713. The molecule has 0 bridgehead atoms. The van der Waals surface area contributed by atoms with Crippen molar-refractivity contribution in [2.45, 2.75) is 6.42 Å². The second-order valence-corrected chi connectivity index (χ2v) is 5.60. The van der Waals surface area contributed by atoms with E-state index in [-0.39, 0.29) is 18.7 Å². The molecule has 0 saturated carbocycles. The van der Waals surface area contributed by atoms with Crippen LogP contribution in [0.5, 0.6) is 11.5 Å². The number of carbonyl (C=O) groups is 1. The highest BCUT2D eigenvalue weighted by atomic mass is 16.7. The number of carbonyl (C=O) groups excluding carboxylic acids is 1. The molecule has 0 atom stereocenters. The van der Waals surface area contributed by atoms with Crippen molar-refractivity contribution in [3.63, 3.8) is 0 Å². The first-order chi connectivity index (χ1) is 12.8. The molecular formula is C19H15N3O4. The van der Waals surface area contributed by atoms with Gasteiger partial charge in [-0.15, -0.1) is 5.10 Å². The van der Waals surface area contributed by atoms with Crippen LogP contribution < -0.4 is 14.8 Å². The zero-order valence-corrected chi connectivity index (χ0v) is 13.7. The molecule has 0 radical (unpaired) electrons. The number of benzene rings is 2. The first-order valence-corrected chi connectivity index (χ1v) is 8.01.